The van der Waals surface area contributed by atoms with E-state index in [1.165, 1.54) is 32.0 Å². The van der Waals surface area contributed by atoms with E-state index in [1.54, 1.807) is 6.20 Å². The lowest BCUT2D eigenvalue weighted by atomic mass is 10.1. The third-order valence-electron chi connectivity index (χ3n) is 5.26. The van der Waals surface area contributed by atoms with Gasteiger partial charge in [-0.05, 0) is 18.6 Å². The summed E-state index contributed by atoms with van der Waals surface area (Å²) in [5, 5.41) is 4.44. The second kappa shape index (κ2) is 9.57. The van der Waals surface area contributed by atoms with Gasteiger partial charge in [0.25, 0.3) is 0 Å². The van der Waals surface area contributed by atoms with Crippen LogP contribution >= 0.6 is 0 Å². The van der Waals surface area contributed by atoms with Crippen molar-refractivity contribution in [1.29, 1.82) is 0 Å². The molecule has 4 N–H and O–H groups in total. The molecule has 12 heteroatoms. The Balaban J connectivity index is 1.84. The van der Waals surface area contributed by atoms with Crippen LogP contribution in [-0.4, -0.2) is 43.5 Å². The predicted octanol–water partition coefficient (Wildman–Crippen LogP) is 3.43. The Labute approximate surface area is 193 Å². The minimum absolute atomic E-state index is 0.0480. The zero-order valence-corrected chi connectivity index (χ0v) is 18.4. The van der Waals surface area contributed by atoms with Gasteiger partial charge in [0, 0.05) is 24.0 Å². The Kier molecular flexibility index (Phi) is 6.39. The van der Waals surface area contributed by atoms with Crippen molar-refractivity contribution in [2.45, 2.75) is 19.4 Å². The van der Waals surface area contributed by atoms with Crippen LogP contribution in [0.1, 0.15) is 19.4 Å². The van der Waals surface area contributed by atoms with Crippen LogP contribution in [0.25, 0.3) is 22.2 Å². The highest BCUT2D eigenvalue weighted by Gasteiger charge is 2.24. The normalized spacial score (nSPS) is 13.0. The molecular weight excluding hydrogens is 444 g/mol. The Bertz CT molecular complexity index is 1400. The molecule has 0 amide bonds. The number of nitrogen functional groups attached to an aromatic ring is 1. The molecule has 1 unspecified atom stereocenters. The van der Waals surface area contributed by atoms with E-state index in [4.69, 9.17) is 16.3 Å². The van der Waals surface area contributed by atoms with Gasteiger partial charge in [-0.2, -0.15) is 5.10 Å². The number of aromatic nitrogens is 5. The molecule has 1 atom stereocenters. The highest BCUT2D eigenvalue weighted by atomic mass is 19.1. The number of hydrogen-bond acceptors (Lipinski definition) is 9. The standard InChI is InChI=1S/C22H21F2N9O/c1-3-18(17(32-26)8-28-16-5-4-12(23)6-15(16)24)33-9-14(13-7-27-10-31-22(13)34-2)19-20(25)29-11-30-21(19)33/h4-11,18H,3,26H2,1-2H3,(H2,25,29,30). The molecule has 0 radical (unpaired) electrons. The molecule has 3 heterocycles. The highest BCUT2D eigenvalue weighted by molar-refractivity contribution is 6.32. The molecule has 0 saturated heterocycles. The summed E-state index contributed by atoms with van der Waals surface area (Å²) < 4.78 is 34.5. The summed E-state index contributed by atoms with van der Waals surface area (Å²) in [5.41, 5.74) is 8.27. The van der Waals surface area contributed by atoms with E-state index in [-0.39, 0.29) is 11.5 Å². The number of anilines is 1. The number of nitrogens with two attached hydrogens (primary N) is 2. The summed E-state index contributed by atoms with van der Waals surface area (Å²) in [7, 11) is 1.50. The lowest BCUT2D eigenvalue weighted by Crippen LogP contribution is -2.21. The van der Waals surface area contributed by atoms with E-state index >= 15 is 0 Å². The molecule has 0 aliphatic heterocycles. The Morgan fingerprint density at radius 2 is 2.03 bits per heavy atom. The van der Waals surface area contributed by atoms with Crippen LogP contribution in [0, 0.1) is 11.6 Å². The Morgan fingerprint density at radius 1 is 1.21 bits per heavy atom. The van der Waals surface area contributed by atoms with E-state index in [9.17, 15) is 8.78 Å². The van der Waals surface area contributed by atoms with Crippen molar-refractivity contribution in [3.05, 3.63) is 54.9 Å². The van der Waals surface area contributed by atoms with E-state index < -0.39 is 17.7 Å². The SMILES string of the molecule is CCC(C(C=Nc1ccc(F)cc1F)=NN)n1cc(-c2cncnc2OC)c2c(N)ncnc21. The van der Waals surface area contributed by atoms with Gasteiger partial charge in [0.15, 0.2) is 5.82 Å². The van der Waals surface area contributed by atoms with Crippen LogP contribution in [0.15, 0.2) is 53.3 Å². The molecule has 0 fully saturated rings. The molecule has 0 saturated carbocycles. The zero-order chi connectivity index (χ0) is 24.2. The van der Waals surface area contributed by atoms with Crippen LogP contribution < -0.4 is 16.3 Å². The lowest BCUT2D eigenvalue weighted by molar-refractivity contribution is 0.398. The average Bonchev–Trinajstić information content (AvgIpc) is 3.23. The van der Waals surface area contributed by atoms with Gasteiger partial charge < -0.3 is 20.9 Å². The summed E-state index contributed by atoms with van der Waals surface area (Å²) in [4.78, 5) is 20.9. The molecule has 0 bridgehead atoms. The van der Waals surface area contributed by atoms with Crippen molar-refractivity contribution in [2.75, 3.05) is 12.8 Å². The fourth-order valence-electron chi connectivity index (χ4n) is 3.69. The second-order valence-corrected chi connectivity index (χ2v) is 7.19. The van der Waals surface area contributed by atoms with Crippen molar-refractivity contribution in [1.82, 2.24) is 24.5 Å². The van der Waals surface area contributed by atoms with Gasteiger partial charge in [-0.15, -0.1) is 0 Å². The molecule has 3 aromatic heterocycles. The summed E-state index contributed by atoms with van der Waals surface area (Å²) in [6.45, 7) is 1.92. The van der Waals surface area contributed by atoms with Gasteiger partial charge in [0.2, 0.25) is 5.88 Å². The number of hydrazone groups is 1. The van der Waals surface area contributed by atoms with Crippen molar-refractivity contribution < 1.29 is 13.5 Å². The summed E-state index contributed by atoms with van der Waals surface area (Å²) in [5.74, 6) is 4.80. The predicted molar refractivity (Wildman–Crippen MR) is 125 cm³/mol. The first kappa shape index (κ1) is 22.7. The molecule has 1 aromatic carbocycles. The molecule has 0 aliphatic carbocycles. The smallest absolute Gasteiger partial charge is 0.224 e. The van der Waals surface area contributed by atoms with Crippen LogP contribution in [0.5, 0.6) is 5.88 Å². The number of aliphatic imine (C=N–C) groups is 1. The third-order valence-corrected chi connectivity index (χ3v) is 5.26. The molecular formula is C22H21F2N9O. The largest absolute Gasteiger partial charge is 0.480 e. The summed E-state index contributed by atoms with van der Waals surface area (Å²) in [6, 6.07) is 2.66. The molecule has 0 spiro atoms. The molecule has 0 aliphatic rings. The van der Waals surface area contributed by atoms with Crippen molar-refractivity contribution in [2.24, 2.45) is 15.9 Å². The fraction of sp³-hybridized carbons (Fsp3) is 0.182. The topological polar surface area (TPSA) is 142 Å². The van der Waals surface area contributed by atoms with Crippen molar-refractivity contribution in [3.8, 4) is 17.0 Å². The number of fused-ring (bicyclic) bond motifs is 1. The van der Waals surface area contributed by atoms with Crippen LogP contribution in [0.3, 0.4) is 0 Å². The summed E-state index contributed by atoms with van der Waals surface area (Å²) in [6.07, 6.45) is 8.01. The third kappa shape index (κ3) is 4.12. The second-order valence-electron chi connectivity index (χ2n) is 7.19. The number of methoxy groups -OCH3 is 1. The lowest BCUT2D eigenvalue weighted by Gasteiger charge is -2.17. The first-order chi connectivity index (χ1) is 16.5. The number of rotatable bonds is 7. The van der Waals surface area contributed by atoms with E-state index in [0.29, 0.717) is 40.2 Å². The Morgan fingerprint density at radius 3 is 2.74 bits per heavy atom. The maximum atomic E-state index is 14.0. The fourth-order valence-corrected chi connectivity index (χ4v) is 3.69. The molecule has 4 rings (SSSR count). The van der Waals surface area contributed by atoms with Crippen LogP contribution in [0.4, 0.5) is 20.3 Å². The average molecular weight is 465 g/mol. The van der Waals surface area contributed by atoms with Crippen molar-refractivity contribution in [3.63, 3.8) is 0 Å². The van der Waals surface area contributed by atoms with Gasteiger partial charge in [0.1, 0.15) is 35.6 Å². The first-order valence-electron chi connectivity index (χ1n) is 10.2. The van der Waals surface area contributed by atoms with Gasteiger partial charge in [-0.3, -0.25) is 4.99 Å². The Hall–Kier alpha value is -4.48. The first-order valence-corrected chi connectivity index (χ1v) is 10.2. The van der Waals surface area contributed by atoms with E-state index in [1.807, 2.05) is 17.7 Å². The quantitative estimate of drug-likeness (QED) is 0.242. The van der Waals surface area contributed by atoms with Crippen molar-refractivity contribution >= 4 is 34.5 Å². The zero-order valence-electron chi connectivity index (χ0n) is 18.4. The molecule has 4 aromatic rings. The van der Waals surface area contributed by atoms with Gasteiger partial charge in [-0.25, -0.2) is 28.7 Å². The maximum Gasteiger partial charge on any atom is 0.224 e. The monoisotopic (exact) mass is 465 g/mol. The molecule has 174 valence electrons. The number of halogens is 2. The molecule has 34 heavy (non-hydrogen) atoms. The highest BCUT2D eigenvalue weighted by Crippen LogP contribution is 2.38. The minimum atomic E-state index is -0.800. The summed E-state index contributed by atoms with van der Waals surface area (Å²) >= 11 is 0. The molecule has 10 nitrogen and oxygen atoms in total. The van der Waals surface area contributed by atoms with Crippen LogP contribution in [-0.2, 0) is 0 Å². The van der Waals surface area contributed by atoms with Gasteiger partial charge in [-0.1, -0.05) is 6.92 Å². The van der Waals surface area contributed by atoms with E-state index in [0.717, 1.165) is 12.1 Å². The minimum Gasteiger partial charge on any atom is -0.480 e. The van der Waals surface area contributed by atoms with Gasteiger partial charge in [0.05, 0.1) is 36.0 Å². The van der Waals surface area contributed by atoms with Gasteiger partial charge >= 0.3 is 0 Å². The number of benzene rings is 1. The number of nitrogens with zero attached hydrogens (tertiary/aromatic N) is 7. The van der Waals surface area contributed by atoms with Crippen LogP contribution in [0.2, 0.25) is 0 Å². The van der Waals surface area contributed by atoms with E-state index in [2.05, 4.69) is 30.0 Å². The number of ether oxygens (including phenoxy) is 1. The number of hydrogen-bond donors (Lipinski definition) is 2. The maximum absolute atomic E-state index is 14.0.